The fourth-order valence-corrected chi connectivity index (χ4v) is 2.35. The van der Waals surface area contributed by atoms with E-state index in [1.54, 1.807) is 6.92 Å². The fourth-order valence-electron chi connectivity index (χ4n) is 2.35. The minimum absolute atomic E-state index is 0.0135. The highest BCUT2D eigenvalue weighted by Crippen LogP contribution is 2.33. The van der Waals surface area contributed by atoms with Gasteiger partial charge in [0.2, 0.25) is 0 Å². The van der Waals surface area contributed by atoms with E-state index in [1.165, 1.54) is 0 Å². The Morgan fingerprint density at radius 3 is 2.56 bits per heavy atom. The highest BCUT2D eigenvalue weighted by Gasteiger charge is 2.30. The molecule has 18 heavy (non-hydrogen) atoms. The van der Waals surface area contributed by atoms with Gasteiger partial charge in [0.15, 0.2) is 13.1 Å². The number of ether oxygens (including phenoxy) is 3. The van der Waals surface area contributed by atoms with Crippen LogP contribution in [-0.2, 0) is 19.0 Å². The first kappa shape index (κ1) is 15.4. The lowest BCUT2D eigenvalue weighted by Gasteiger charge is -2.30. The van der Waals surface area contributed by atoms with Gasteiger partial charge < -0.3 is 14.2 Å². The van der Waals surface area contributed by atoms with E-state index in [0.717, 1.165) is 19.3 Å². The molecule has 1 rings (SSSR count). The predicted molar refractivity (Wildman–Crippen MR) is 68.8 cm³/mol. The van der Waals surface area contributed by atoms with E-state index in [0.29, 0.717) is 18.4 Å². The van der Waals surface area contributed by atoms with Crippen LogP contribution in [-0.4, -0.2) is 25.7 Å². The quantitative estimate of drug-likeness (QED) is 0.543. The standard InChI is InChI=1S/C14H26O4/c1-5-16-12(4)17-9-18-14(15)13-7-6-10(2)11(3)8-13/h10-13H,5-9H2,1-4H3/t10-,11?,12?,13?/m1/s1. The van der Waals surface area contributed by atoms with Crippen molar-refractivity contribution in [2.45, 2.75) is 53.2 Å². The lowest BCUT2D eigenvalue weighted by atomic mass is 9.76. The Morgan fingerprint density at radius 1 is 1.22 bits per heavy atom. The van der Waals surface area contributed by atoms with Gasteiger partial charge in [-0.15, -0.1) is 0 Å². The van der Waals surface area contributed by atoms with E-state index < -0.39 is 0 Å². The molecule has 0 bridgehead atoms. The third-order valence-electron chi connectivity index (χ3n) is 3.84. The summed E-state index contributed by atoms with van der Waals surface area (Å²) in [4.78, 5) is 11.8. The van der Waals surface area contributed by atoms with Crippen LogP contribution in [0.15, 0.2) is 0 Å². The van der Waals surface area contributed by atoms with Crippen molar-refractivity contribution < 1.29 is 19.0 Å². The normalized spacial score (nSPS) is 29.9. The van der Waals surface area contributed by atoms with Crippen LogP contribution in [0.4, 0.5) is 0 Å². The van der Waals surface area contributed by atoms with E-state index >= 15 is 0 Å². The third kappa shape index (κ3) is 4.94. The molecule has 0 aromatic heterocycles. The predicted octanol–water partition coefficient (Wildman–Crippen LogP) is 2.96. The average molecular weight is 258 g/mol. The van der Waals surface area contributed by atoms with Crippen molar-refractivity contribution in [2.75, 3.05) is 13.4 Å². The van der Waals surface area contributed by atoms with Gasteiger partial charge in [0.1, 0.15) is 0 Å². The fraction of sp³-hybridized carbons (Fsp3) is 0.929. The first-order valence-electron chi connectivity index (χ1n) is 6.94. The zero-order valence-corrected chi connectivity index (χ0v) is 12.0. The molecule has 0 heterocycles. The van der Waals surface area contributed by atoms with Gasteiger partial charge in [-0.25, -0.2) is 0 Å². The van der Waals surface area contributed by atoms with E-state index in [4.69, 9.17) is 14.2 Å². The third-order valence-corrected chi connectivity index (χ3v) is 3.84. The highest BCUT2D eigenvalue weighted by atomic mass is 16.8. The maximum absolute atomic E-state index is 11.8. The molecule has 0 aromatic rings. The number of hydrogen-bond acceptors (Lipinski definition) is 4. The van der Waals surface area contributed by atoms with Crippen LogP contribution in [0.2, 0.25) is 0 Å². The molecule has 1 aliphatic rings. The first-order chi connectivity index (χ1) is 8.54. The molecule has 0 radical (unpaired) electrons. The maximum atomic E-state index is 11.8. The van der Waals surface area contributed by atoms with E-state index in [2.05, 4.69) is 13.8 Å². The van der Waals surface area contributed by atoms with Gasteiger partial charge in [0, 0.05) is 6.61 Å². The van der Waals surface area contributed by atoms with Gasteiger partial charge in [-0.2, -0.15) is 0 Å². The van der Waals surface area contributed by atoms with Crippen LogP contribution in [0.5, 0.6) is 0 Å². The lowest BCUT2D eigenvalue weighted by molar-refractivity contribution is -0.196. The molecule has 1 aliphatic carbocycles. The van der Waals surface area contributed by atoms with Crippen molar-refractivity contribution in [3.63, 3.8) is 0 Å². The number of hydrogen-bond donors (Lipinski definition) is 0. The monoisotopic (exact) mass is 258 g/mol. The molecule has 0 amide bonds. The molecule has 1 fully saturated rings. The average Bonchev–Trinajstić information content (AvgIpc) is 2.33. The van der Waals surface area contributed by atoms with Crippen LogP contribution in [0.1, 0.15) is 47.0 Å². The molecule has 0 N–H and O–H groups in total. The molecule has 4 nitrogen and oxygen atoms in total. The Morgan fingerprint density at radius 2 is 1.94 bits per heavy atom. The van der Waals surface area contributed by atoms with Crippen molar-refractivity contribution in [3.05, 3.63) is 0 Å². The highest BCUT2D eigenvalue weighted by molar-refractivity contribution is 5.72. The molecule has 0 aliphatic heterocycles. The smallest absolute Gasteiger partial charge is 0.311 e. The second-order valence-electron chi connectivity index (χ2n) is 5.24. The summed E-state index contributed by atoms with van der Waals surface area (Å²) < 4.78 is 15.6. The van der Waals surface area contributed by atoms with E-state index in [1.807, 2.05) is 6.92 Å². The van der Waals surface area contributed by atoms with Crippen LogP contribution in [0.3, 0.4) is 0 Å². The first-order valence-corrected chi connectivity index (χ1v) is 6.94. The Hall–Kier alpha value is -0.610. The van der Waals surface area contributed by atoms with Crippen LogP contribution in [0, 0.1) is 17.8 Å². The van der Waals surface area contributed by atoms with Crippen LogP contribution >= 0.6 is 0 Å². The molecule has 1 saturated carbocycles. The molecule has 4 atom stereocenters. The zero-order chi connectivity index (χ0) is 13.5. The topological polar surface area (TPSA) is 44.8 Å². The van der Waals surface area contributed by atoms with Gasteiger partial charge >= 0.3 is 5.97 Å². The Labute approximate surface area is 110 Å². The van der Waals surface area contributed by atoms with Crippen molar-refractivity contribution in [1.29, 1.82) is 0 Å². The van der Waals surface area contributed by atoms with Gasteiger partial charge in [0.05, 0.1) is 5.92 Å². The summed E-state index contributed by atoms with van der Waals surface area (Å²) in [6.45, 7) is 8.72. The molecular formula is C14H26O4. The van der Waals surface area contributed by atoms with Crippen LogP contribution < -0.4 is 0 Å². The second kappa shape index (κ2) is 7.74. The molecule has 0 aromatic carbocycles. The van der Waals surface area contributed by atoms with Crippen molar-refractivity contribution >= 4 is 5.97 Å². The Balaban J connectivity index is 2.21. The van der Waals surface area contributed by atoms with Gasteiger partial charge in [-0.3, -0.25) is 4.79 Å². The summed E-state index contributed by atoms with van der Waals surface area (Å²) in [6.07, 6.45) is 2.65. The van der Waals surface area contributed by atoms with E-state index in [-0.39, 0.29) is 25.0 Å². The molecular weight excluding hydrogens is 232 g/mol. The van der Waals surface area contributed by atoms with Gasteiger partial charge in [0.25, 0.3) is 0 Å². The molecule has 0 spiro atoms. The SMILES string of the molecule is CCOC(C)OCOC(=O)C1CC[C@@H](C)C(C)C1. The van der Waals surface area contributed by atoms with Crippen molar-refractivity contribution in [2.24, 2.45) is 17.8 Å². The van der Waals surface area contributed by atoms with Gasteiger partial charge in [-0.05, 0) is 44.9 Å². The summed E-state index contributed by atoms with van der Waals surface area (Å²) in [5.41, 5.74) is 0. The molecule has 106 valence electrons. The number of rotatable bonds is 6. The summed E-state index contributed by atoms with van der Waals surface area (Å²) in [7, 11) is 0. The zero-order valence-electron chi connectivity index (χ0n) is 12.0. The second-order valence-corrected chi connectivity index (χ2v) is 5.24. The minimum atomic E-state index is -0.326. The molecule has 4 heteroatoms. The summed E-state index contributed by atoms with van der Waals surface area (Å²) in [5.74, 6) is 1.22. The lowest BCUT2D eigenvalue weighted by Crippen LogP contribution is -2.28. The molecule has 3 unspecified atom stereocenters. The van der Waals surface area contributed by atoms with Crippen molar-refractivity contribution in [3.8, 4) is 0 Å². The van der Waals surface area contributed by atoms with Crippen molar-refractivity contribution in [1.82, 2.24) is 0 Å². The number of carbonyl (C=O) groups is 1. The van der Waals surface area contributed by atoms with Crippen LogP contribution in [0.25, 0.3) is 0 Å². The number of esters is 1. The summed E-state index contributed by atoms with van der Waals surface area (Å²) >= 11 is 0. The molecule has 0 saturated heterocycles. The summed E-state index contributed by atoms with van der Waals surface area (Å²) in [5, 5.41) is 0. The Kier molecular flexibility index (Phi) is 6.65. The van der Waals surface area contributed by atoms with E-state index in [9.17, 15) is 4.79 Å². The number of carbonyl (C=O) groups excluding carboxylic acids is 1. The van der Waals surface area contributed by atoms with Gasteiger partial charge in [-0.1, -0.05) is 13.8 Å². The summed E-state index contributed by atoms with van der Waals surface area (Å²) in [6, 6.07) is 0. The minimum Gasteiger partial charge on any atom is -0.438 e. The maximum Gasteiger partial charge on any atom is 0.311 e. The Bertz CT molecular complexity index is 254. The largest absolute Gasteiger partial charge is 0.438 e.